The van der Waals surface area contributed by atoms with E-state index in [0.717, 1.165) is 25.9 Å². The summed E-state index contributed by atoms with van der Waals surface area (Å²) in [6, 6.07) is 7.94. The van der Waals surface area contributed by atoms with Gasteiger partial charge < -0.3 is 5.32 Å². The normalized spacial score (nSPS) is 15.9. The molecule has 0 aromatic heterocycles. The van der Waals surface area contributed by atoms with Gasteiger partial charge in [-0.1, -0.05) is 25.1 Å². The minimum atomic E-state index is -0.178. The maximum atomic E-state index is 11.9. The monoisotopic (exact) mass is 237 g/mol. The van der Waals surface area contributed by atoms with Crippen molar-refractivity contribution in [2.24, 2.45) is 5.92 Å². The van der Waals surface area contributed by atoms with E-state index in [1.165, 1.54) is 12.1 Å². The number of benzene rings is 1. The van der Waals surface area contributed by atoms with Gasteiger partial charge >= 0.3 is 0 Å². The van der Waals surface area contributed by atoms with Gasteiger partial charge in [-0.05, 0) is 38.1 Å². The summed E-state index contributed by atoms with van der Waals surface area (Å²) in [4.78, 5) is 11.1. The number of piperidine rings is 1. The van der Waals surface area contributed by atoms with Crippen molar-refractivity contribution in [1.82, 2.24) is 5.32 Å². The molecular formula is C14H20FNO. The Morgan fingerprint density at radius 1 is 1.29 bits per heavy atom. The summed E-state index contributed by atoms with van der Waals surface area (Å²) in [7, 11) is 0. The van der Waals surface area contributed by atoms with Crippen LogP contribution in [0.15, 0.2) is 30.3 Å². The lowest BCUT2D eigenvalue weighted by molar-refractivity contribution is -0.123. The van der Waals surface area contributed by atoms with Crippen molar-refractivity contribution in [3.05, 3.63) is 36.1 Å². The first kappa shape index (κ1) is 13.8. The topological polar surface area (TPSA) is 29.1 Å². The molecule has 1 N–H and O–H groups in total. The molecule has 1 fully saturated rings. The number of hydrogen-bond donors (Lipinski definition) is 1. The second-order valence-corrected chi connectivity index (χ2v) is 4.14. The van der Waals surface area contributed by atoms with Crippen LogP contribution in [0.5, 0.6) is 0 Å². The molecule has 1 aliphatic rings. The molecular weight excluding hydrogens is 217 g/mol. The summed E-state index contributed by atoms with van der Waals surface area (Å²) in [6.45, 7) is 4.00. The molecule has 0 amide bonds. The standard InChI is InChI=1S/C8H15NO.C6H5F/c1-2-8(10)7-3-5-9-6-4-7;7-6-4-2-1-3-5-6/h7,9H,2-6H2,1H3;1-5H. The Morgan fingerprint density at radius 3 is 2.29 bits per heavy atom. The molecule has 1 aliphatic heterocycles. The SMILES string of the molecule is CCC(=O)C1CCNCC1.Fc1ccccc1. The molecule has 1 aromatic carbocycles. The Labute approximate surface area is 102 Å². The summed E-state index contributed by atoms with van der Waals surface area (Å²) in [5, 5.41) is 3.24. The fourth-order valence-electron chi connectivity index (χ4n) is 1.85. The van der Waals surface area contributed by atoms with Gasteiger partial charge in [0.1, 0.15) is 11.6 Å². The minimum Gasteiger partial charge on any atom is -0.317 e. The van der Waals surface area contributed by atoms with Crippen LogP contribution in [0.3, 0.4) is 0 Å². The van der Waals surface area contributed by atoms with E-state index >= 15 is 0 Å². The number of rotatable bonds is 2. The Bertz CT molecular complexity index is 320. The average Bonchev–Trinajstić information content (AvgIpc) is 2.40. The molecule has 0 radical (unpaired) electrons. The van der Waals surface area contributed by atoms with Crippen LogP contribution in [0.1, 0.15) is 26.2 Å². The Morgan fingerprint density at radius 2 is 1.88 bits per heavy atom. The molecule has 2 rings (SSSR count). The van der Waals surface area contributed by atoms with Crippen molar-refractivity contribution in [3.63, 3.8) is 0 Å². The molecule has 3 heteroatoms. The van der Waals surface area contributed by atoms with Gasteiger partial charge in [-0.25, -0.2) is 4.39 Å². The van der Waals surface area contributed by atoms with Crippen molar-refractivity contribution in [1.29, 1.82) is 0 Å². The van der Waals surface area contributed by atoms with Crippen molar-refractivity contribution < 1.29 is 9.18 Å². The lowest BCUT2D eigenvalue weighted by atomic mass is 9.92. The van der Waals surface area contributed by atoms with Crippen molar-refractivity contribution in [3.8, 4) is 0 Å². The van der Waals surface area contributed by atoms with Gasteiger partial charge in [0.15, 0.2) is 0 Å². The second-order valence-electron chi connectivity index (χ2n) is 4.14. The fraction of sp³-hybridized carbons (Fsp3) is 0.500. The average molecular weight is 237 g/mol. The summed E-state index contributed by atoms with van der Waals surface area (Å²) in [5.74, 6) is 0.634. The Hall–Kier alpha value is -1.22. The molecule has 0 aliphatic carbocycles. The van der Waals surface area contributed by atoms with Crippen LogP contribution in [0.4, 0.5) is 4.39 Å². The van der Waals surface area contributed by atoms with Crippen LogP contribution in [-0.4, -0.2) is 18.9 Å². The fourth-order valence-corrected chi connectivity index (χ4v) is 1.85. The third-order valence-corrected chi connectivity index (χ3v) is 2.88. The van der Waals surface area contributed by atoms with Crippen LogP contribution < -0.4 is 5.32 Å². The first-order valence-electron chi connectivity index (χ1n) is 6.18. The minimum absolute atomic E-state index is 0.178. The number of carbonyl (C=O) groups is 1. The molecule has 0 bridgehead atoms. The van der Waals surface area contributed by atoms with Gasteiger partial charge in [-0.3, -0.25) is 4.79 Å². The third-order valence-electron chi connectivity index (χ3n) is 2.88. The molecule has 94 valence electrons. The number of carbonyl (C=O) groups excluding carboxylic acids is 1. The predicted molar refractivity (Wildman–Crippen MR) is 67.3 cm³/mol. The zero-order valence-electron chi connectivity index (χ0n) is 10.3. The molecule has 0 atom stereocenters. The third kappa shape index (κ3) is 5.59. The highest BCUT2D eigenvalue weighted by atomic mass is 19.1. The van der Waals surface area contributed by atoms with E-state index in [-0.39, 0.29) is 5.82 Å². The van der Waals surface area contributed by atoms with E-state index in [4.69, 9.17) is 0 Å². The first-order chi connectivity index (χ1) is 8.24. The first-order valence-corrected chi connectivity index (χ1v) is 6.18. The number of ketones is 1. The van der Waals surface area contributed by atoms with Crippen LogP contribution in [-0.2, 0) is 4.79 Å². The van der Waals surface area contributed by atoms with Crippen LogP contribution in [0.25, 0.3) is 0 Å². The molecule has 1 saturated heterocycles. The van der Waals surface area contributed by atoms with Crippen molar-refractivity contribution in [2.45, 2.75) is 26.2 Å². The lowest BCUT2D eigenvalue weighted by Crippen LogP contribution is -2.31. The Kier molecular flexibility index (Phi) is 6.48. The summed E-state index contributed by atoms with van der Waals surface area (Å²) in [6.07, 6.45) is 2.81. The van der Waals surface area contributed by atoms with Gasteiger partial charge in [0.2, 0.25) is 0 Å². The predicted octanol–water partition coefficient (Wildman–Crippen LogP) is 2.79. The summed E-state index contributed by atoms with van der Waals surface area (Å²) < 4.78 is 11.9. The molecule has 1 heterocycles. The van der Waals surface area contributed by atoms with Gasteiger partial charge in [0.25, 0.3) is 0 Å². The molecule has 1 aromatic rings. The highest BCUT2D eigenvalue weighted by molar-refractivity contribution is 5.80. The quantitative estimate of drug-likeness (QED) is 0.857. The maximum Gasteiger partial charge on any atom is 0.135 e. The highest BCUT2D eigenvalue weighted by Gasteiger charge is 2.18. The number of halogens is 1. The van der Waals surface area contributed by atoms with E-state index < -0.39 is 0 Å². The smallest absolute Gasteiger partial charge is 0.135 e. The molecule has 0 saturated carbocycles. The summed E-state index contributed by atoms with van der Waals surface area (Å²) >= 11 is 0. The zero-order chi connectivity index (χ0) is 12.5. The maximum absolute atomic E-state index is 11.9. The molecule has 2 nitrogen and oxygen atoms in total. The Balaban J connectivity index is 0.000000181. The van der Waals surface area contributed by atoms with Crippen LogP contribution in [0.2, 0.25) is 0 Å². The van der Waals surface area contributed by atoms with Gasteiger partial charge in [-0.2, -0.15) is 0 Å². The van der Waals surface area contributed by atoms with E-state index in [0.29, 0.717) is 18.1 Å². The second kappa shape index (κ2) is 7.96. The number of Topliss-reactive ketones (excluding diaryl/α,β-unsaturated/α-hetero) is 1. The zero-order valence-corrected chi connectivity index (χ0v) is 10.3. The molecule has 17 heavy (non-hydrogen) atoms. The molecule has 0 unspecified atom stereocenters. The van der Waals surface area contributed by atoms with Crippen molar-refractivity contribution >= 4 is 5.78 Å². The van der Waals surface area contributed by atoms with Gasteiger partial charge in [-0.15, -0.1) is 0 Å². The van der Waals surface area contributed by atoms with Gasteiger partial charge in [0.05, 0.1) is 0 Å². The van der Waals surface area contributed by atoms with Crippen LogP contribution >= 0.6 is 0 Å². The summed E-state index contributed by atoms with van der Waals surface area (Å²) in [5.41, 5.74) is 0. The van der Waals surface area contributed by atoms with E-state index in [1.54, 1.807) is 18.2 Å². The lowest BCUT2D eigenvalue weighted by Gasteiger charge is -2.20. The highest BCUT2D eigenvalue weighted by Crippen LogP contribution is 2.13. The largest absolute Gasteiger partial charge is 0.317 e. The number of hydrogen-bond acceptors (Lipinski definition) is 2. The number of nitrogens with one attached hydrogen (secondary N) is 1. The van der Waals surface area contributed by atoms with E-state index in [2.05, 4.69) is 5.32 Å². The molecule has 0 spiro atoms. The van der Waals surface area contributed by atoms with E-state index in [9.17, 15) is 9.18 Å². The van der Waals surface area contributed by atoms with E-state index in [1.807, 2.05) is 6.92 Å². The van der Waals surface area contributed by atoms with Crippen molar-refractivity contribution in [2.75, 3.05) is 13.1 Å². The van der Waals surface area contributed by atoms with Crippen LogP contribution in [0, 0.1) is 11.7 Å². The van der Waals surface area contributed by atoms with Gasteiger partial charge in [0, 0.05) is 12.3 Å².